The van der Waals surface area contributed by atoms with Crippen LogP contribution in [0.1, 0.15) is 49.2 Å². The minimum atomic E-state index is 0.425. The molecule has 1 N–H and O–H groups in total. The summed E-state index contributed by atoms with van der Waals surface area (Å²) in [4.78, 5) is 8.52. The molecule has 1 unspecified atom stereocenters. The lowest BCUT2D eigenvalue weighted by atomic mass is 10.1. The van der Waals surface area contributed by atoms with Crippen LogP contribution in [0.15, 0.2) is 18.6 Å². The highest BCUT2D eigenvalue weighted by atomic mass is 15.3. The molecule has 20 heavy (non-hydrogen) atoms. The van der Waals surface area contributed by atoms with Gasteiger partial charge in [-0.25, -0.2) is 14.6 Å². The van der Waals surface area contributed by atoms with Crippen molar-refractivity contribution in [2.45, 2.75) is 45.6 Å². The Hall–Kier alpha value is -1.75. The molecule has 2 aromatic rings. The molecule has 0 fully saturated rings. The van der Waals surface area contributed by atoms with Gasteiger partial charge >= 0.3 is 0 Å². The van der Waals surface area contributed by atoms with E-state index >= 15 is 0 Å². The lowest BCUT2D eigenvalue weighted by Gasteiger charge is -2.15. The van der Waals surface area contributed by atoms with E-state index in [0.717, 1.165) is 24.5 Å². The molecule has 3 rings (SSSR count). The van der Waals surface area contributed by atoms with Gasteiger partial charge in [-0.05, 0) is 32.7 Å². The molecule has 5 nitrogen and oxygen atoms in total. The normalized spacial score (nSPS) is 18.6. The van der Waals surface area contributed by atoms with Gasteiger partial charge < -0.3 is 5.32 Å². The van der Waals surface area contributed by atoms with Crippen LogP contribution in [0.5, 0.6) is 0 Å². The summed E-state index contributed by atoms with van der Waals surface area (Å²) >= 11 is 0. The second-order valence-corrected chi connectivity index (χ2v) is 5.33. The fraction of sp³-hybridized carbons (Fsp3) is 0.533. The number of aromatic nitrogens is 4. The molecule has 0 saturated heterocycles. The van der Waals surface area contributed by atoms with E-state index in [1.807, 2.05) is 23.9 Å². The van der Waals surface area contributed by atoms with Gasteiger partial charge in [-0.2, -0.15) is 5.10 Å². The van der Waals surface area contributed by atoms with E-state index in [2.05, 4.69) is 27.3 Å². The average Bonchev–Trinajstić information content (AvgIpc) is 2.76. The van der Waals surface area contributed by atoms with E-state index in [-0.39, 0.29) is 0 Å². The number of hydrogen-bond acceptors (Lipinski definition) is 4. The summed E-state index contributed by atoms with van der Waals surface area (Å²) < 4.78 is 1.99. The van der Waals surface area contributed by atoms with Gasteiger partial charge in [-0.1, -0.05) is 13.3 Å². The Bertz CT molecular complexity index is 590. The summed E-state index contributed by atoms with van der Waals surface area (Å²) in [6, 6.07) is 2.41. The van der Waals surface area contributed by atoms with Crippen LogP contribution < -0.4 is 5.32 Å². The highest BCUT2D eigenvalue weighted by Crippen LogP contribution is 2.29. The molecule has 1 aliphatic carbocycles. The molecule has 0 amide bonds. The third-order valence-corrected chi connectivity index (χ3v) is 3.89. The Morgan fingerprint density at radius 3 is 3.05 bits per heavy atom. The van der Waals surface area contributed by atoms with Crippen molar-refractivity contribution in [3.05, 3.63) is 35.5 Å². The molecule has 0 aliphatic heterocycles. The van der Waals surface area contributed by atoms with Crippen molar-refractivity contribution >= 4 is 0 Å². The Morgan fingerprint density at radius 1 is 1.35 bits per heavy atom. The molecular formula is C15H21N5. The third-order valence-electron chi connectivity index (χ3n) is 3.89. The molecule has 0 bridgehead atoms. The van der Waals surface area contributed by atoms with Crippen molar-refractivity contribution in [2.24, 2.45) is 0 Å². The first kappa shape index (κ1) is 13.2. The molecule has 5 heteroatoms. The first-order chi connectivity index (χ1) is 9.79. The molecular weight excluding hydrogens is 250 g/mol. The van der Waals surface area contributed by atoms with Crippen molar-refractivity contribution in [3.8, 4) is 5.82 Å². The topological polar surface area (TPSA) is 55.6 Å². The summed E-state index contributed by atoms with van der Waals surface area (Å²) in [6.07, 6.45) is 8.35. The Balaban J connectivity index is 2.02. The zero-order valence-corrected chi connectivity index (χ0v) is 12.1. The minimum absolute atomic E-state index is 0.425. The lowest BCUT2D eigenvalue weighted by molar-refractivity contribution is 0.503. The summed E-state index contributed by atoms with van der Waals surface area (Å²) in [6.45, 7) is 5.12. The fourth-order valence-electron chi connectivity index (χ4n) is 2.94. The number of hydrogen-bond donors (Lipinski definition) is 1. The zero-order valence-electron chi connectivity index (χ0n) is 12.1. The van der Waals surface area contributed by atoms with E-state index in [1.54, 1.807) is 6.33 Å². The lowest BCUT2D eigenvalue weighted by Crippen LogP contribution is -2.20. The van der Waals surface area contributed by atoms with Crippen molar-refractivity contribution in [2.75, 3.05) is 6.54 Å². The van der Waals surface area contributed by atoms with Gasteiger partial charge in [0.15, 0.2) is 5.82 Å². The van der Waals surface area contributed by atoms with Gasteiger partial charge in [-0.15, -0.1) is 0 Å². The molecule has 106 valence electrons. The quantitative estimate of drug-likeness (QED) is 0.871. The predicted octanol–water partition coefficient (Wildman–Crippen LogP) is 2.35. The third kappa shape index (κ3) is 2.45. The highest BCUT2D eigenvalue weighted by Gasteiger charge is 2.22. The standard InChI is InChI=1S/C15H21N5/c1-3-16-13-6-4-5-7-14-12(13)9-19-20(14)15-8-11(2)17-10-18-15/h8-10,13,16H,3-7H2,1-2H3. The Labute approximate surface area is 119 Å². The van der Waals surface area contributed by atoms with Crippen LogP contribution >= 0.6 is 0 Å². The maximum atomic E-state index is 4.57. The molecule has 2 heterocycles. The maximum absolute atomic E-state index is 4.57. The summed E-state index contributed by atoms with van der Waals surface area (Å²) in [7, 11) is 0. The van der Waals surface area contributed by atoms with E-state index < -0.39 is 0 Å². The smallest absolute Gasteiger partial charge is 0.157 e. The number of aryl methyl sites for hydroxylation is 1. The molecule has 1 aliphatic rings. The largest absolute Gasteiger partial charge is 0.310 e. The van der Waals surface area contributed by atoms with Gasteiger partial charge in [0.2, 0.25) is 0 Å². The predicted molar refractivity (Wildman–Crippen MR) is 77.9 cm³/mol. The van der Waals surface area contributed by atoms with Crippen molar-refractivity contribution in [1.29, 1.82) is 0 Å². The van der Waals surface area contributed by atoms with Crippen molar-refractivity contribution in [1.82, 2.24) is 25.1 Å². The second kappa shape index (κ2) is 5.71. The molecule has 0 spiro atoms. The van der Waals surface area contributed by atoms with Crippen LogP contribution in [0.4, 0.5) is 0 Å². The first-order valence-corrected chi connectivity index (χ1v) is 7.38. The Morgan fingerprint density at radius 2 is 2.25 bits per heavy atom. The van der Waals surface area contributed by atoms with Gasteiger partial charge in [0.25, 0.3) is 0 Å². The summed E-state index contributed by atoms with van der Waals surface area (Å²) in [5.41, 5.74) is 3.60. The minimum Gasteiger partial charge on any atom is -0.310 e. The van der Waals surface area contributed by atoms with Gasteiger partial charge in [0.05, 0.1) is 11.9 Å². The van der Waals surface area contributed by atoms with Crippen LogP contribution in [-0.2, 0) is 6.42 Å². The van der Waals surface area contributed by atoms with E-state index in [9.17, 15) is 0 Å². The molecule has 0 aromatic carbocycles. The van der Waals surface area contributed by atoms with E-state index in [4.69, 9.17) is 0 Å². The Kier molecular flexibility index (Phi) is 3.78. The number of rotatable bonds is 3. The van der Waals surface area contributed by atoms with Crippen molar-refractivity contribution < 1.29 is 0 Å². The number of nitrogens with one attached hydrogen (secondary N) is 1. The molecule has 0 saturated carbocycles. The van der Waals surface area contributed by atoms with E-state index in [1.165, 1.54) is 30.5 Å². The van der Waals surface area contributed by atoms with Gasteiger partial charge in [0, 0.05) is 23.4 Å². The summed E-state index contributed by atoms with van der Waals surface area (Å²) in [5.74, 6) is 0.871. The average molecular weight is 271 g/mol. The highest BCUT2D eigenvalue weighted by molar-refractivity contribution is 5.32. The van der Waals surface area contributed by atoms with Gasteiger partial charge in [-0.3, -0.25) is 0 Å². The van der Waals surface area contributed by atoms with Gasteiger partial charge in [0.1, 0.15) is 6.33 Å². The monoisotopic (exact) mass is 271 g/mol. The van der Waals surface area contributed by atoms with Crippen LogP contribution in [0, 0.1) is 6.92 Å². The van der Waals surface area contributed by atoms with E-state index in [0.29, 0.717) is 6.04 Å². The zero-order chi connectivity index (χ0) is 13.9. The van der Waals surface area contributed by atoms with Crippen LogP contribution in [0.2, 0.25) is 0 Å². The molecule has 0 radical (unpaired) electrons. The SMILES string of the molecule is CCNC1CCCCc2c1cnn2-c1cc(C)ncn1. The number of nitrogens with zero attached hydrogens (tertiary/aromatic N) is 4. The first-order valence-electron chi connectivity index (χ1n) is 7.38. The maximum Gasteiger partial charge on any atom is 0.157 e. The molecule has 2 aromatic heterocycles. The van der Waals surface area contributed by atoms with Crippen LogP contribution in [0.3, 0.4) is 0 Å². The molecule has 1 atom stereocenters. The summed E-state index contributed by atoms with van der Waals surface area (Å²) in [5, 5.41) is 8.14. The second-order valence-electron chi connectivity index (χ2n) is 5.33. The number of fused-ring (bicyclic) bond motifs is 1. The fourth-order valence-corrected chi connectivity index (χ4v) is 2.94. The van der Waals surface area contributed by atoms with Crippen LogP contribution in [0.25, 0.3) is 5.82 Å². The van der Waals surface area contributed by atoms with Crippen LogP contribution in [-0.4, -0.2) is 26.3 Å². The van der Waals surface area contributed by atoms with Crippen molar-refractivity contribution in [3.63, 3.8) is 0 Å².